The van der Waals surface area contributed by atoms with Gasteiger partial charge in [-0.2, -0.15) is 0 Å². The monoisotopic (exact) mass is 579 g/mol. The molecule has 1 aliphatic heterocycles. The Morgan fingerprint density at radius 1 is 1.05 bits per heavy atom. The first kappa shape index (κ1) is 35.3. The summed E-state index contributed by atoms with van der Waals surface area (Å²) >= 11 is 0. The van der Waals surface area contributed by atoms with Crippen LogP contribution in [0, 0.1) is 5.92 Å². The number of nitrogens with zero attached hydrogens (tertiary/aromatic N) is 2. The van der Waals surface area contributed by atoms with E-state index in [4.69, 9.17) is 16.3 Å². The number of unbranched alkanes of at least 4 members (excludes halogenated alkanes) is 1. The molecule has 2 aromatic rings. The van der Waals surface area contributed by atoms with E-state index >= 15 is 0 Å². The maximum absolute atomic E-state index is 14.1. The van der Waals surface area contributed by atoms with Crippen molar-refractivity contribution in [2.75, 3.05) is 25.1 Å². The highest BCUT2D eigenvalue weighted by Gasteiger charge is 2.36. The lowest BCUT2D eigenvalue weighted by atomic mass is 9.92. The van der Waals surface area contributed by atoms with Crippen LogP contribution in [0.15, 0.2) is 48.5 Å². The van der Waals surface area contributed by atoms with Crippen LogP contribution in [0.1, 0.15) is 104 Å². The van der Waals surface area contributed by atoms with Crippen molar-refractivity contribution in [2.24, 2.45) is 17.5 Å². The average molecular weight is 580 g/mol. The molecule has 1 amide bonds. The third-order valence-electron chi connectivity index (χ3n) is 8.04. The molecule has 0 fully saturated rings. The normalized spacial score (nSPS) is 15.9. The summed E-state index contributed by atoms with van der Waals surface area (Å²) in [6.45, 7) is 18.3. The van der Waals surface area contributed by atoms with Crippen LogP contribution < -0.4 is 21.8 Å². The zero-order valence-electron chi connectivity index (χ0n) is 27.7. The van der Waals surface area contributed by atoms with Gasteiger partial charge < -0.3 is 25.7 Å². The largest absolute Gasteiger partial charge is 0.396 e. The van der Waals surface area contributed by atoms with Gasteiger partial charge in [0.25, 0.3) is 0 Å². The molecule has 0 radical (unpaired) electrons. The molecular weight excluding hydrogens is 522 g/mol. The van der Waals surface area contributed by atoms with Crippen molar-refractivity contribution >= 4 is 23.0 Å². The molecule has 0 aromatic heterocycles. The molecule has 1 atom stereocenters. The number of hydrogen-bond donors (Lipinski definition) is 3. The molecule has 1 aliphatic rings. The maximum atomic E-state index is 14.1. The summed E-state index contributed by atoms with van der Waals surface area (Å²) in [7, 11) is 1.95. The number of amides is 1. The lowest BCUT2D eigenvalue weighted by Gasteiger charge is -2.42. The zero-order chi connectivity index (χ0) is 31.5. The van der Waals surface area contributed by atoms with Gasteiger partial charge in [0.2, 0.25) is 5.91 Å². The number of carbonyl (C=O) groups is 1. The van der Waals surface area contributed by atoms with Crippen LogP contribution in [0.3, 0.4) is 0 Å². The lowest BCUT2D eigenvalue weighted by Crippen LogP contribution is -2.52. The predicted octanol–water partition coefficient (Wildman–Crippen LogP) is 6.92. The third kappa shape index (κ3) is 8.59. The second-order valence-electron chi connectivity index (χ2n) is 12.2. The van der Waals surface area contributed by atoms with E-state index in [-0.39, 0.29) is 17.4 Å². The molecule has 42 heavy (non-hydrogen) atoms. The van der Waals surface area contributed by atoms with Crippen LogP contribution in [-0.4, -0.2) is 42.3 Å². The number of ether oxygens (including phenoxy) is 1. The van der Waals surface area contributed by atoms with Crippen molar-refractivity contribution in [3.63, 3.8) is 0 Å². The first-order valence-corrected chi connectivity index (χ1v) is 15.8. The SMILES string of the molecule is CC.CCCCC(CC)C(=O)N1Cc2ccccc2/C(N)=C(/N(N)C(C)(C)COC(C)(C)CCNC)c2ccccc21. The van der Waals surface area contributed by atoms with Gasteiger partial charge in [0.05, 0.1) is 41.4 Å². The molecule has 1 heterocycles. The van der Waals surface area contributed by atoms with E-state index in [1.165, 1.54) is 0 Å². The van der Waals surface area contributed by atoms with Gasteiger partial charge in [0.15, 0.2) is 0 Å². The summed E-state index contributed by atoms with van der Waals surface area (Å²) in [6.07, 6.45) is 4.66. The lowest BCUT2D eigenvalue weighted by molar-refractivity contribution is -0.122. The number of carbonyl (C=O) groups excluding carboxylic acids is 1. The Hall–Kier alpha value is -2.87. The second-order valence-corrected chi connectivity index (χ2v) is 12.2. The fourth-order valence-corrected chi connectivity index (χ4v) is 5.23. The minimum atomic E-state index is -0.597. The fraction of sp³-hybridized carbons (Fsp3) is 0.571. The number of nitrogens with one attached hydrogen (secondary N) is 1. The third-order valence-corrected chi connectivity index (χ3v) is 8.04. The Morgan fingerprint density at radius 2 is 1.67 bits per heavy atom. The molecule has 0 bridgehead atoms. The molecule has 234 valence electrons. The van der Waals surface area contributed by atoms with Gasteiger partial charge in [0.1, 0.15) is 0 Å². The number of para-hydroxylation sites is 1. The van der Waals surface area contributed by atoms with E-state index in [1.807, 2.05) is 68.3 Å². The molecule has 2 aromatic carbocycles. The Kier molecular flexibility index (Phi) is 13.5. The molecule has 0 saturated carbocycles. The highest BCUT2D eigenvalue weighted by Crippen LogP contribution is 2.40. The van der Waals surface area contributed by atoms with Crippen molar-refractivity contribution < 1.29 is 9.53 Å². The summed E-state index contributed by atoms with van der Waals surface area (Å²) < 4.78 is 6.41. The number of benzene rings is 2. The molecule has 7 heteroatoms. The number of hydrazine groups is 1. The summed E-state index contributed by atoms with van der Waals surface area (Å²) in [5, 5.41) is 4.94. The van der Waals surface area contributed by atoms with Gasteiger partial charge in [-0.15, -0.1) is 0 Å². The van der Waals surface area contributed by atoms with Crippen LogP contribution in [0.5, 0.6) is 0 Å². The molecule has 0 aliphatic carbocycles. The number of nitrogens with two attached hydrogens (primary N) is 2. The fourth-order valence-electron chi connectivity index (χ4n) is 5.23. The van der Waals surface area contributed by atoms with Gasteiger partial charge in [-0.25, -0.2) is 5.84 Å². The highest BCUT2D eigenvalue weighted by molar-refractivity contribution is 6.02. The predicted molar refractivity (Wildman–Crippen MR) is 178 cm³/mol. The van der Waals surface area contributed by atoms with Gasteiger partial charge in [-0.1, -0.05) is 83.0 Å². The van der Waals surface area contributed by atoms with Crippen LogP contribution in [-0.2, 0) is 16.1 Å². The highest BCUT2D eigenvalue weighted by atomic mass is 16.5. The minimum Gasteiger partial charge on any atom is -0.396 e. The van der Waals surface area contributed by atoms with E-state index in [1.54, 1.807) is 5.01 Å². The summed E-state index contributed by atoms with van der Waals surface area (Å²) in [5.41, 5.74) is 11.0. The van der Waals surface area contributed by atoms with E-state index < -0.39 is 5.54 Å². The van der Waals surface area contributed by atoms with Crippen LogP contribution in [0.2, 0.25) is 0 Å². The zero-order valence-corrected chi connectivity index (χ0v) is 27.7. The van der Waals surface area contributed by atoms with E-state index in [0.29, 0.717) is 24.5 Å². The topological polar surface area (TPSA) is 96.9 Å². The smallest absolute Gasteiger partial charge is 0.230 e. The number of fused-ring (bicyclic) bond motifs is 2. The molecule has 7 nitrogen and oxygen atoms in total. The van der Waals surface area contributed by atoms with Crippen molar-refractivity contribution in [1.82, 2.24) is 10.3 Å². The molecule has 3 rings (SSSR count). The van der Waals surface area contributed by atoms with E-state index in [2.05, 4.69) is 52.9 Å². The number of rotatable bonds is 13. The van der Waals surface area contributed by atoms with Gasteiger partial charge in [-0.3, -0.25) is 4.79 Å². The molecule has 5 N–H and O–H groups in total. The Labute approximate surface area is 255 Å². The van der Waals surface area contributed by atoms with Crippen LogP contribution in [0.4, 0.5) is 5.69 Å². The van der Waals surface area contributed by atoms with Crippen molar-refractivity contribution in [3.05, 3.63) is 65.2 Å². The second kappa shape index (κ2) is 16.1. The summed E-state index contributed by atoms with van der Waals surface area (Å²) in [4.78, 5) is 16.1. The minimum absolute atomic E-state index is 0.0389. The van der Waals surface area contributed by atoms with Crippen LogP contribution in [0.25, 0.3) is 11.4 Å². The Morgan fingerprint density at radius 3 is 2.29 bits per heavy atom. The summed E-state index contributed by atoms with van der Waals surface area (Å²) in [6, 6.07) is 16.1. The molecule has 0 spiro atoms. The van der Waals surface area contributed by atoms with E-state index in [9.17, 15) is 4.79 Å². The van der Waals surface area contributed by atoms with Gasteiger partial charge in [-0.05, 0) is 72.2 Å². The number of anilines is 1. The van der Waals surface area contributed by atoms with Crippen molar-refractivity contribution in [3.8, 4) is 0 Å². The van der Waals surface area contributed by atoms with Crippen molar-refractivity contribution in [1.29, 1.82) is 0 Å². The quantitative estimate of drug-likeness (QED) is 0.176. The standard InChI is InChI=1S/C33H51N5O2.C2H6/c1-8-10-15-24(9-2)31(39)37-22-25-16-11-12-17-26(25)29(34)30(27-18-13-14-19-28(27)37)38(35)32(3,4)23-40-33(5,6)20-21-36-7;1-2/h11-14,16-19,24,36H,8-10,15,20-23,34-35H2,1-7H3;1-2H3/b30-29-;. The van der Waals surface area contributed by atoms with Crippen molar-refractivity contribution in [2.45, 2.75) is 105 Å². The van der Waals surface area contributed by atoms with Gasteiger partial charge >= 0.3 is 0 Å². The Bertz CT molecular complexity index is 1170. The molecule has 1 unspecified atom stereocenters. The van der Waals surface area contributed by atoms with E-state index in [0.717, 1.165) is 61.0 Å². The number of hydrogen-bond acceptors (Lipinski definition) is 6. The van der Waals surface area contributed by atoms with Crippen LogP contribution >= 0.6 is 0 Å². The summed E-state index contributed by atoms with van der Waals surface area (Å²) in [5.74, 6) is 7.12. The maximum Gasteiger partial charge on any atom is 0.230 e. The van der Waals surface area contributed by atoms with Gasteiger partial charge in [0, 0.05) is 17.0 Å². The molecular formula is C35H57N5O2. The first-order chi connectivity index (χ1) is 20.0. The first-order valence-electron chi connectivity index (χ1n) is 15.8. The average Bonchev–Trinajstić information content (AvgIpc) is 2.99. The molecule has 0 saturated heterocycles. The Balaban J connectivity index is 0.00000301.